The molecule has 1 aliphatic rings. The van der Waals surface area contributed by atoms with Gasteiger partial charge in [0, 0.05) is 11.5 Å². The minimum Gasteiger partial charge on any atom is -0.494 e. The van der Waals surface area contributed by atoms with Crippen molar-refractivity contribution < 1.29 is 4.74 Å². The second-order valence-electron chi connectivity index (χ2n) is 7.83. The van der Waals surface area contributed by atoms with Crippen molar-refractivity contribution in [1.29, 1.82) is 0 Å². The molecule has 0 aliphatic heterocycles. The Morgan fingerprint density at radius 2 is 1.64 bits per heavy atom. The van der Waals surface area contributed by atoms with Crippen molar-refractivity contribution in [2.75, 3.05) is 6.61 Å². The molecule has 0 aromatic heterocycles. The average molecular weight is 377 g/mol. The average Bonchev–Trinajstić information content (AvgIpc) is 2.73. The van der Waals surface area contributed by atoms with Gasteiger partial charge in [-0.2, -0.15) is 0 Å². The zero-order valence-electron chi connectivity index (χ0n) is 17.8. The molecule has 28 heavy (non-hydrogen) atoms. The zero-order valence-corrected chi connectivity index (χ0v) is 17.8. The summed E-state index contributed by atoms with van der Waals surface area (Å²) in [6, 6.07) is 8.04. The number of unbranched alkanes of at least 4 members (excludes halogenated alkanes) is 3. The van der Waals surface area contributed by atoms with E-state index in [0.717, 1.165) is 30.3 Å². The van der Waals surface area contributed by atoms with Crippen LogP contribution >= 0.6 is 0 Å². The molecule has 0 bridgehead atoms. The predicted octanol–water partition coefficient (Wildman–Crippen LogP) is 7.16. The van der Waals surface area contributed by atoms with Crippen LogP contribution in [0.5, 0.6) is 5.75 Å². The highest BCUT2D eigenvalue weighted by Crippen LogP contribution is 2.30. The van der Waals surface area contributed by atoms with Crippen LogP contribution < -0.4 is 4.74 Å². The number of hydrogen-bond donors (Lipinski definition) is 0. The third-order valence-electron chi connectivity index (χ3n) is 5.42. The number of allylic oxidation sites excluding steroid dienone is 2. The Balaban J connectivity index is 1.68. The van der Waals surface area contributed by atoms with Gasteiger partial charge in [-0.15, -0.1) is 0 Å². The van der Waals surface area contributed by atoms with Gasteiger partial charge in [0.25, 0.3) is 0 Å². The molecule has 0 saturated heterocycles. The van der Waals surface area contributed by atoms with Crippen LogP contribution in [0.25, 0.3) is 0 Å². The fourth-order valence-corrected chi connectivity index (χ4v) is 3.73. The summed E-state index contributed by atoms with van der Waals surface area (Å²) >= 11 is 0. The Labute approximate surface area is 173 Å². The molecule has 0 atom stereocenters. The highest BCUT2D eigenvalue weighted by Gasteiger charge is 2.18. The Morgan fingerprint density at radius 1 is 0.893 bits per heavy atom. The maximum atomic E-state index is 5.76. The van der Waals surface area contributed by atoms with Gasteiger partial charge >= 0.3 is 0 Å². The van der Waals surface area contributed by atoms with E-state index in [-0.39, 0.29) is 0 Å². The van der Waals surface area contributed by atoms with Gasteiger partial charge in [0.15, 0.2) is 0 Å². The Kier molecular flexibility index (Phi) is 11.1. The van der Waals surface area contributed by atoms with Gasteiger partial charge in [0.05, 0.1) is 6.61 Å². The van der Waals surface area contributed by atoms with Crippen molar-refractivity contribution in [3.8, 4) is 29.4 Å². The van der Waals surface area contributed by atoms with Crippen LogP contribution in [-0.4, -0.2) is 6.61 Å². The molecule has 1 aliphatic carbocycles. The Morgan fingerprint density at radius 3 is 2.36 bits per heavy atom. The van der Waals surface area contributed by atoms with E-state index in [4.69, 9.17) is 4.74 Å². The molecule has 0 heterocycles. The quantitative estimate of drug-likeness (QED) is 0.345. The summed E-state index contributed by atoms with van der Waals surface area (Å²) in [4.78, 5) is 0. The maximum absolute atomic E-state index is 5.76. The smallest absolute Gasteiger partial charge is 0.119 e. The van der Waals surface area contributed by atoms with Crippen LogP contribution in [0.4, 0.5) is 0 Å². The highest BCUT2D eigenvalue weighted by atomic mass is 16.5. The SMILES string of the molecule is CCCCCCOc1ccc(C#CC=CC#CC2CCC(CCC)CC2)cc1. The van der Waals surface area contributed by atoms with Gasteiger partial charge < -0.3 is 4.74 Å². The third-order valence-corrected chi connectivity index (χ3v) is 5.42. The Bertz CT molecular complexity index is 682. The number of ether oxygens (including phenoxy) is 1. The van der Waals surface area contributed by atoms with Gasteiger partial charge in [-0.25, -0.2) is 0 Å². The maximum Gasteiger partial charge on any atom is 0.119 e. The topological polar surface area (TPSA) is 9.23 Å². The van der Waals surface area contributed by atoms with Crippen molar-refractivity contribution in [3.05, 3.63) is 42.0 Å². The molecule has 1 aromatic carbocycles. The third kappa shape index (κ3) is 9.19. The first-order chi connectivity index (χ1) is 13.8. The van der Waals surface area contributed by atoms with Gasteiger partial charge in [-0.1, -0.05) is 69.6 Å². The molecule has 0 amide bonds. The molecule has 0 unspecified atom stereocenters. The summed E-state index contributed by atoms with van der Waals surface area (Å²) in [5.74, 6) is 15.3. The lowest BCUT2D eigenvalue weighted by Gasteiger charge is -2.25. The summed E-state index contributed by atoms with van der Waals surface area (Å²) in [6.07, 6.45) is 16.6. The molecule has 0 radical (unpaired) electrons. The number of benzene rings is 1. The van der Waals surface area contributed by atoms with Crippen LogP contribution in [0.15, 0.2) is 36.4 Å². The standard InChI is InChI=1S/C27H36O/c1-3-5-6-11-23-28-27-21-19-26(20-22-27)14-10-8-7-9-13-25-17-15-24(12-4-2)16-18-25/h7-8,19-22,24-25H,3-6,11-12,15-18,23H2,1-2H3. The zero-order chi connectivity index (χ0) is 19.9. The van der Waals surface area contributed by atoms with Gasteiger partial charge in [-0.05, 0) is 74.4 Å². The lowest BCUT2D eigenvalue weighted by Crippen LogP contribution is -2.12. The molecule has 2 rings (SSSR count). The van der Waals surface area contributed by atoms with Crippen molar-refractivity contribution >= 4 is 0 Å². The van der Waals surface area contributed by atoms with Crippen molar-refractivity contribution in [2.45, 2.75) is 78.1 Å². The summed E-state index contributed by atoms with van der Waals surface area (Å²) in [7, 11) is 0. The van der Waals surface area contributed by atoms with E-state index < -0.39 is 0 Å². The minimum atomic E-state index is 0.584. The summed E-state index contributed by atoms with van der Waals surface area (Å²) < 4.78 is 5.76. The molecular weight excluding hydrogens is 340 g/mol. The molecule has 1 fully saturated rings. The summed E-state index contributed by atoms with van der Waals surface area (Å²) in [5.41, 5.74) is 1.00. The lowest BCUT2D eigenvalue weighted by molar-refractivity contribution is 0.300. The first-order valence-corrected chi connectivity index (χ1v) is 11.2. The number of hydrogen-bond acceptors (Lipinski definition) is 1. The van der Waals surface area contributed by atoms with Crippen molar-refractivity contribution in [1.82, 2.24) is 0 Å². The molecule has 150 valence electrons. The molecule has 0 N–H and O–H groups in total. The number of rotatable bonds is 8. The van der Waals surface area contributed by atoms with E-state index in [1.54, 1.807) is 0 Å². The van der Waals surface area contributed by atoms with Crippen LogP contribution in [0.1, 0.15) is 83.6 Å². The second kappa shape index (κ2) is 14.0. The van der Waals surface area contributed by atoms with E-state index in [1.165, 1.54) is 57.8 Å². The van der Waals surface area contributed by atoms with E-state index in [0.29, 0.717) is 5.92 Å². The van der Waals surface area contributed by atoms with Gasteiger partial charge in [0.2, 0.25) is 0 Å². The Hall–Kier alpha value is -2.12. The monoisotopic (exact) mass is 376 g/mol. The predicted molar refractivity (Wildman–Crippen MR) is 120 cm³/mol. The molecular formula is C27H36O. The van der Waals surface area contributed by atoms with E-state index in [2.05, 4.69) is 37.5 Å². The van der Waals surface area contributed by atoms with Crippen LogP contribution in [-0.2, 0) is 0 Å². The van der Waals surface area contributed by atoms with Crippen LogP contribution in [0.3, 0.4) is 0 Å². The lowest BCUT2D eigenvalue weighted by atomic mass is 9.80. The largest absolute Gasteiger partial charge is 0.494 e. The second-order valence-corrected chi connectivity index (χ2v) is 7.83. The molecule has 1 nitrogen and oxygen atoms in total. The molecule has 1 aromatic rings. The first-order valence-electron chi connectivity index (χ1n) is 11.2. The molecule has 0 spiro atoms. The van der Waals surface area contributed by atoms with Gasteiger partial charge in [-0.3, -0.25) is 0 Å². The van der Waals surface area contributed by atoms with Crippen LogP contribution in [0.2, 0.25) is 0 Å². The van der Waals surface area contributed by atoms with Crippen molar-refractivity contribution in [2.24, 2.45) is 11.8 Å². The highest BCUT2D eigenvalue weighted by molar-refractivity contribution is 5.40. The van der Waals surface area contributed by atoms with E-state index in [1.807, 2.05) is 36.4 Å². The minimum absolute atomic E-state index is 0.584. The molecule has 1 saturated carbocycles. The van der Waals surface area contributed by atoms with Gasteiger partial charge in [0.1, 0.15) is 5.75 Å². The van der Waals surface area contributed by atoms with E-state index in [9.17, 15) is 0 Å². The van der Waals surface area contributed by atoms with Crippen LogP contribution in [0, 0.1) is 35.5 Å². The summed E-state index contributed by atoms with van der Waals surface area (Å²) in [6.45, 7) is 5.31. The normalized spacial score (nSPS) is 18.8. The first kappa shape index (κ1) is 22.2. The molecule has 1 heteroatoms. The fraction of sp³-hybridized carbons (Fsp3) is 0.556. The summed E-state index contributed by atoms with van der Waals surface area (Å²) in [5, 5.41) is 0. The van der Waals surface area contributed by atoms with Crippen molar-refractivity contribution in [3.63, 3.8) is 0 Å². The fourth-order valence-electron chi connectivity index (χ4n) is 3.73. The van der Waals surface area contributed by atoms with E-state index >= 15 is 0 Å².